The van der Waals surface area contributed by atoms with Crippen molar-refractivity contribution >= 4 is 0 Å². The Kier molecular flexibility index (Phi) is 4.47. The topological polar surface area (TPSA) is 48.1 Å². The number of nitrogens with zero attached hydrogens (tertiary/aromatic N) is 1. The zero-order valence-electron chi connectivity index (χ0n) is 10.8. The standard InChI is InChI=1S/C15H17FN2O/c1-2-15(17)12-3-5-14(6-4-12)19-10-11-7-13(16)9-18-8-11/h3-9,15H,2,10,17H2,1H3/t15-/m1/s1. The van der Waals surface area contributed by atoms with Gasteiger partial charge in [0, 0.05) is 17.8 Å². The predicted octanol–water partition coefficient (Wildman–Crippen LogP) is 3.21. The van der Waals surface area contributed by atoms with E-state index in [1.54, 1.807) is 6.20 Å². The Hall–Kier alpha value is -1.94. The van der Waals surface area contributed by atoms with Crippen LogP contribution in [0.3, 0.4) is 0 Å². The van der Waals surface area contributed by atoms with Crippen molar-refractivity contribution in [1.29, 1.82) is 0 Å². The van der Waals surface area contributed by atoms with Crippen molar-refractivity contribution < 1.29 is 9.13 Å². The number of pyridine rings is 1. The molecule has 0 radical (unpaired) electrons. The first kappa shape index (κ1) is 13.5. The molecule has 0 saturated carbocycles. The fraction of sp³-hybridized carbons (Fsp3) is 0.267. The van der Waals surface area contributed by atoms with Gasteiger partial charge in [-0.1, -0.05) is 19.1 Å². The first-order valence-corrected chi connectivity index (χ1v) is 6.27. The van der Waals surface area contributed by atoms with Gasteiger partial charge in [0.2, 0.25) is 0 Å². The summed E-state index contributed by atoms with van der Waals surface area (Å²) in [6.07, 6.45) is 3.66. The smallest absolute Gasteiger partial charge is 0.141 e. The molecule has 1 atom stereocenters. The lowest BCUT2D eigenvalue weighted by Crippen LogP contribution is -2.08. The molecule has 0 fully saturated rings. The first-order chi connectivity index (χ1) is 9.19. The van der Waals surface area contributed by atoms with Crippen LogP contribution in [0.15, 0.2) is 42.7 Å². The Balaban J connectivity index is 1.96. The Morgan fingerprint density at radius 1 is 1.26 bits per heavy atom. The van der Waals surface area contributed by atoms with Crippen LogP contribution in [0.25, 0.3) is 0 Å². The van der Waals surface area contributed by atoms with E-state index in [9.17, 15) is 4.39 Å². The third-order valence-corrected chi connectivity index (χ3v) is 2.92. The molecule has 0 spiro atoms. The van der Waals surface area contributed by atoms with Crippen molar-refractivity contribution in [2.75, 3.05) is 0 Å². The fourth-order valence-corrected chi connectivity index (χ4v) is 1.75. The number of hydrogen-bond acceptors (Lipinski definition) is 3. The highest BCUT2D eigenvalue weighted by Crippen LogP contribution is 2.19. The molecule has 1 heterocycles. The highest BCUT2D eigenvalue weighted by molar-refractivity contribution is 5.29. The van der Waals surface area contributed by atoms with Crippen molar-refractivity contribution in [3.8, 4) is 5.75 Å². The molecule has 19 heavy (non-hydrogen) atoms. The predicted molar refractivity (Wildman–Crippen MR) is 72.2 cm³/mol. The molecule has 0 aliphatic rings. The van der Waals surface area contributed by atoms with Gasteiger partial charge in [-0.05, 0) is 30.2 Å². The quantitative estimate of drug-likeness (QED) is 0.898. The van der Waals surface area contributed by atoms with E-state index in [-0.39, 0.29) is 11.9 Å². The lowest BCUT2D eigenvalue weighted by molar-refractivity contribution is 0.305. The molecule has 0 saturated heterocycles. The van der Waals surface area contributed by atoms with Gasteiger partial charge in [0.15, 0.2) is 0 Å². The number of benzene rings is 1. The minimum Gasteiger partial charge on any atom is -0.489 e. The normalized spacial score (nSPS) is 12.2. The molecule has 2 aromatic rings. The third kappa shape index (κ3) is 3.76. The van der Waals surface area contributed by atoms with E-state index in [1.165, 1.54) is 12.3 Å². The van der Waals surface area contributed by atoms with Crippen LogP contribution in [0.5, 0.6) is 5.75 Å². The average molecular weight is 260 g/mol. The Morgan fingerprint density at radius 3 is 2.63 bits per heavy atom. The monoisotopic (exact) mass is 260 g/mol. The lowest BCUT2D eigenvalue weighted by Gasteiger charge is -2.10. The second-order valence-electron chi connectivity index (χ2n) is 4.38. The minimum atomic E-state index is -0.356. The van der Waals surface area contributed by atoms with Gasteiger partial charge in [-0.2, -0.15) is 0 Å². The van der Waals surface area contributed by atoms with Crippen LogP contribution in [0, 0.1) is 5.82 Å². The van der Waals surface area contributed by atoms with Crippen molar-refractivity contribution in [3.05, 3.63) is 59.7 Å². The molecule has 0 bridgehead atoms. The summed E-state index contributed by atoms with van der Waals surface area (Å²) in [5.41, 5.74) is 7.72. The summed E-state index contributed by atoms with van der Waals surface area (Å²) in [6, 6.07) is 9.12. The van der Waals surface area contributed by atoms with Gasteiger partial charge in [-0.3, -0.25) is 4.98 Å². The summed E-state index contributed by atoms with van der Waals surface area (Å²) in [5.74, 6) is 0.377. The largest absolute Gasteiger partial charge is 0.489 e. The van der Waals surface area contributed by atoms with E-state index >= 15 is 0 Å². The SMILES string of the molecule is CC[C@@H](N)c1ccc(OCc2cncc(F)c2)cc1. The Bertz CT molecular complexity index is 528. The van der Waals surface area contributed by atoms with E-state index in [1.807, 2.05) is 31.2 Å². The number of aromatic nitrogens is 1. The minimum absolute atomic E-state index is 0.0569. The van der Waals surface area contributed by atoms with Crippen molar-refractivity contribution in [3.63, 3.8) is 0 Å². The molecule has 0 amide bonds. The van der Waals surface area contributed by atoms with Crippen LogP contribution in [-0.2, 0) is 6.61 Å². The summed E-state index contributed by atoms with van der Waals surface area (Å²) in [6.45, 7) is 2.34. The maximum Gasteiger partial charge on any atom is 0.141 e. The van der Waals surface area contributed by atoms with E-state index in [2.05, 4.69) is 4.98 Å². The van der Waals surface area contributed by atoms with Crippen LogP contribution in [0.1, 0.15) is 30.5 Å². The number of rotatable bonds is 5. The second-order valence-corrected chi connectivity index (χ2v) is 4.38. The fourth-order valence-electron chi connectivity index (χ4n) is 1.75. The molecule has 1 aromatic carbocycles. The van der Waals surface area contributed by atoms with Gasteiger partial charge in [0.05, 0.1) is 6.20 Å². The molecular formula is C15H17FN2O. The lowest BCUT2D eigenvalue weighted by atomic mass is 10.1. The summed E-state index contributed by atoms with van der Waals surface area (Å²) >= 11 is 0. The highest BCUT2D eigenvalue weighted by atomic mass is 19.1. The van der Waals surface area contributed by atoms with Gasteiger partial charge in [-0.25, -0.2) is 4.39 Å². The van der Waals surface area contributed by atoms with Gasteiger partial charge < -0.3 is 10.5 Å². The Labute approximate surface area is 112 Å². The average Bonchev–Trinajstić information content (AvgIpc) is 2.45. The molecule has 2 rings (SSSR count). The zero-order valence-corrected chi connectivity index (χ0v) is 10.8. The van der Waals surface area contributed by atoms with Crippen LogP contribution in [0.4, 0.5) is 4.39 Å². The molecule has 0 unspecified atom stereocenters. The molecule has 2 N–H and O–H groups in total. The second kappa shape index (κ2) is 6.29. The van der Waals surface area contributed by atoms with E-state index in [0.29, 0.717) is 12.2 Å². The molecular weight excluding hydrogens is 243 g/mol. The molecule has 3 nitrogen and oxygen atoms in total. The summed E-state index contributed by atoms with van der Waals surface area (Å²) in [7, 11) is 0. The summed E-state index contributed by atoms with van der Waals surface area (Å²) in [4.78, 5) is 3.77. The van der Waals surface area contributed by atoms with Gasteiger partial charge >= 0.3 is 0 Å². The van der Waals surface area contributed by atoms with Gasteiger partial charge in [-0.15, -0.1) is 0 Å². The van der Waals surface area contributed by atoms with Crippen molar-refractivity contribution in [2.45, 2.75) is 26.0 Å². The van der Waals surface area contributed by atoms with Crippen molar-refractivity contribution in [2.24, 2.45) is 5.73 Å². The summed E-state index contributed by atoms with van der Waals surface area (Å²) in [5, 5.41) is 0. The van der Waals surface area contributed by atoms with Crippen LogP contribution < -0.4 is 10.5 Å². The maximum atomic E-state index is 12.9. The molecule has 4 heteroatoms. The number of hydrogen-bond donors (Lipinski definition) is 1. The van der Waals surface area contributed by atoms with Crippen LogP contribution >= 0.6 is 0 Å². The van der Waals surface area contributed by atoms with Crippen LogP contribution in [-0.4, -0.2) is 4.98 Å². The van der Waals surface area contributed by atoms with E-state index < -0.39 is 0 Å². The Morgan fingerprint density at radius 2 is 2.00 bits per heavy atom. The molecule has 1 aromatic heterocycles. The van der Waals surface area contributed by atoms with E-state index in [4.69, 9.17) is 10.5 Å². The van der Waals surface area contributed by atoms with Crippen molar-refractivity contribution in [1.82, 2.24) is 4.98 Å². The third-order valence-electron chi connectivity index (χ3n) is 2.92. The molecule has 0 aliphatic carbocycles. The molecule has 100 valence electrons. The highest BCUT2D eigenvalue weighted by Gasteiger charge is 2.03. The summed E-state index contributed by atoms with van der Waals surface area (Å²) < 4.78 is 18.5. The first-order valence-electron chi connectivity index (χ1n) is 6.27. The number of ether oxygens (including phenoxy) is 1. The maximum absolute atomic E-state index is 12.9. The zero-order chi connectivity index (χ0) is 13.7. The number of halogens is 1. The van der Waals surface area contributed by atoms with Crippen LogP contribution in [0.2, 0.25) is 0 Å². The van der Waals surface area contributed by atoms with Gasteiger partial charge in [0.25, 0.3) is 0 Å². The van der Waals surface area contributed by atoms with Gasteiger partial charge in [0.1, 0.15) is 18.2 Å². The number of nitrogens with two attached hydrogens (primary N) is 1. The van der Waals surface area contributed by atoms with E-state index in [0.717, 1.165) is 17.7 Å². The molecule has 0 aliphatic heterocycles.